The second-order valence-electron chi connectivity index (χ2n) is 7.32. The number of alkyl halides is 3. The molecule has 1 amide bonds. The molecule has 2 aromatic carbocycles. The summed E-state index contributed by atoms with van der Waals surface area (Å²) in [6.45, 7) is 2.55. The topological polar surface area (TPSA) is 55.3 Å². The van der Waals surface area contributed by atoms with Crippen molar-refractivity contribution in [3.05, 3.63) is 76.7 Å². The molecule has 2 heterocycles. The van der Waals surface area contributed by atoms with E-state index in [1.54, 1.807) is 12.0 Å². The van der Waals surface area contributed by atoms with Crippen LogP contribution in [0.15, 0.2) is 48.5 Å². The highest BCUT2D eigenvalue weighted by Gasteiger charge is 2.31. The number of rotatable bonds is 3. The molecule has 1 aromatic heterocycles. The van der Waals surface area contributed by atoms with Crippen LogP contribution in [0.4, 0.5) is 13.2 Å². The van der Waals surface area contributed by atoms with Gasteiger partial charge in [-0.15, -0.1) is 0 Å². The van der Waals surface area contributed by atoms with Crippen molar-refractivity contribution in [1.82, 2.24) is 14.9 Å². The van der Waals surface area contributed by atoms with Crippen molar-refractivity contribution in [1.29, 1.82) is 0 Å². The normalized spacial score (nSPS) is 13.6. The fourth-order valence-corrected chi connectivity index (χ4v) is 3.68. The molecule has 0 radical (unpaired) electrons. The number of fused-ring (bicyclic) bond motifs is 1. The quantitative estimate of drug-likeness (QED) is 0.609. The summed E-state index contributed by atoms with van der Waals surface area (Å²) in [6, 6.07) is 11.8. The number of carbonyl (C=O) groups is 1. The molecule has 0 N–H and O–H groups in total. The molecule has 0 bridgehead atoms. The number of amides is 1. The Balaban J connectivity index is 1.63. The van der Waals surface area contributed by atoms with E-state index in [2.05, 4.69) is 9.97 Å². The lowest BCUT2D eigenvalue weighted by Gasteiger charge is -2.30. The summed E-state index contributed by atoms with van der Waals surface area (Å²) in [7, 11) is 1.59. The van der Waals surface area contributed by atoms with Crippen LogP contribution in [0.25, 0.3) is 11.3 Å². The first-order chi connectivity index (χ1) is 14.8. The van der Waals surface area contributed by atoms with Crippen LogP contribution in [0.5, 0.6) is 5.75 Å². The van der Waals surface area contributed by atoms with Crippen LogP contribution < -0.4 is 4.74 Å². The highest BCUT2D eigenvalue weighted by atomic mass is 19.4. The number of ether oxygens (including phenoxy) is 1. The van der Waals surface area contributed by atoms with Gasteiger partial charge < -0.3 is 9.64 Å². The van der Waals surface area contributed by atoms with E-state index in [0.717, 1.165) is 40.4 Å². The van der Waals surface area contributed by atoms with Gasteiger partial charge in [-0.2, -0.15) is 13.2 Å². The average Bonchev–Trinajstić information content (AvgIpc) is 2.77. The standard InChI is InChI=1S/C23H20F3N3O2/c1-14-27-20-11-12-29(22(30)16-3-7-17(8-4-16)23(24,25)26)13-19(20)21(28-14)15-5-9-18(31-2)10-6-15/h3-10H,11-13H2,1-2H3. The highest BCUT2D eigenvalue weighted by Crippen LogP contribution is 2.31. The van der Waals surface area contributed by atoms with Crippen molar-refractivity contribution in [3.63, 3.8) is 0 Å². The lowest BCUT2D eigenvalue weighted by molar-refractivity contribution is -0.137. The number of carbonyl (C=O) groups excluding carboxylic acids is 1. The van der Waals surface area contributed by atoms with Gasteiger partial charge in [0.25, 0.3) is 5.91 Å². The van der Waals surface area contributed by atoms with E-state index in [-0.39, 0.29) is 18.0 Å². The minimum Gasteiger partial charge on any atom is -0.497 e. The van der Waals surface area contributed by atoms with Gasteiger partial charge in [-0.3, -0.25) is 4.79 Å². The number of hydrogen-bond donors (Lipinski definition) is 0. The second kappa shape index (κ2) is 8.02. The largest absolute Gasteiger partial charge is 0.497 e. The zero-order valence-corrected chi connectivity index (χ0v) is 17.0. The molecule has 0 aliphatic carbocycles. The summed E-state index contributed by atoms with van der Waals surface area (Å²) in [6.07, 6.45) is -3.89. The lowest BCUT2D eigenvalue weighted by atomic mass is 9.98. The third-order valence-electron chi connectivity index (χ3n) is 5.28. The van der Waals surface area contributed by atoms with Gasteiger partial charge in [0.2, 0.25) is 0 Å². The number of halogens is 3. The minimum atomic E-state index is -4.44. The van der Waals surface area contributed by atoms with E-state index in [4.69, 9.17) is 4.74 Å². The molecule has 1 aliphatic heterocycles. The summed E-state index contributed by atoms with van der Waals surface area (Å²) in [5, 5.41) is 0. The Morgan fingerprint density at radius 1 is 1.03 bits per heavy atom. The summed E-state index contributed by atoms with van der Waals surface area (Å²) >= 11 is 0. The SMILES string of the molecule is COc1ccc(-c2nc(C)nc3c2CN(C(=O)c2ccc(C(F)(F)F)cc2)CC3)cc1. The molecule has 3 aromatic rings. The Labute approximate surface area is 177 Å². The first-order valence-corrected chi connectivity index (χ1v) is 9.73. The van der Waals surface area contributed by atoms with Gasteiger partial charge in [-0.1, -0.05) is 0 Å². The van der Waals surface area contributed by atoms with Gasteiger partial charge in [0.1, 0.15) is 11.6 Å². The molecule has 0 fully saturated rings. The molecule has 0 saturated heterocycles. The lowest BCUT2D eigenvalue weighted by Crippen LogP contribution is -2.37. The zero-order valence-electron chi connectivity index (χ0n) is 17.0. The van der Waals surface area contributed by atoms with Crippen LogP contribution in [0, 0.1) is 6.92 Å². The van der Waals surface area contributed by atoms with Crippen LogP contribution in [-0.4, -0.2) is 34.4 Å². The van der Waals surface area contributed by atoms with Crippen molar-refractivity contribution >= 4 is 5.91 Å². The maximum Gasteiger partial charge on any atom is 0.416 e. The van der Waals surface area contributed by atoms with Crippen LogP contribution in [-0.2, 0) is 19.1 Å². The molecule has 8 heteroatoms. The van der Waals surface area contributed by atoms with E-state index in [0.29, 0.717) is 18.8 Å². The fraction of sp³-hybridized carbons (Fsp3) is 0.261. The Morgan fingerprint density at radius 2 is 1.71 bits per heavy atom. The van der Waals surface area contributed by atoms with Crippen LogP contribution in [0.2, 0.25) is 0 Å². The minimum absolute atomic E-state index is 0.218. The monoisotopic (exact) mass is 427 g/mol. The number of aromatic nitrogens is 2. The first kappa shape index (κ1) is 20.8. The van der Waals surface area contributed by atoms with Gasteiger partial charge in [0.15, 0.2) is 0 Å². The summed E-state index contributed by atoms with van der Waals surface area (Å²) in [5.41, 5.74) is 2.80. The Kier molecular flexibility index (Phi) is 5.39. The van der Waals surface area contributed by atoms with Crippen LogP contribution in [0.1, 0.15) is 33.0 Å². The predicted octanol–water partition coefficient (Wildman–Crippen LogP) is 4.68. The van der Waals surface area contributed by atoms with E-state index < -0.39 is 11.7 Å². The van der Waals surface area contributed by atoms with E-state index in [1.165, 1.54) is 12.1 Å². The molecule has 5 nitrogen and oxygen atoms in total. The Hall–Kier alpha value is -3.42. The van der Waals surface area contributed by atoms with Crippen molar-refractivity contribution in [2.75, 3.05) is 13.7 Å². The average molecular weight is 427 g/mol. The third-order valence-corrected chi connectivity index (χ3v) is 5.28. The van der Waals surface area contributed by atoms with Crippen LogP contribution in [0.3, 0.4) is 0 Å². The third kappa shape index (κ3) is 4.23. The Morgan fingerprint density at radius 3 is 2.32 bits per heavy atom. The molecular weight excluding hydrogens is 407 g/mol. The molecule has 160 valence electrons. The van der Waals surface area contributed by atoms with E-state index in [9.17, 15) is 18.0 Å². The van der Waals surface area contributed by atoms with E-state index >= 15 is 0 Å². The Bertz CT molecular complexity index is 1110. The van der Waals surface area contributed by atoms with Gasteiger partial charge in [0.05, 0.1) is 24.1 Å². The summed E-state index contributed by atoms with van der Waals surface area (Å²) in [5.74, 6) is 1.05. The van der Waals surface area contributed by atoms with Gasteiger partial charge in [-0.25, -0.2) is 9.97 Å². The molecule has 1 aliphatic rings. The van der Waals surface area contributed by atoms with E-state index in [1.807, 2.05) is 31.2 Å². The molecular formula is C23H20F3N3O2. The van der Waals surface area contributed by atoms with Crippen molar-refractivity contribution in [2.24, 2.45) is 0 Å². The molecule has 4 rings (SSSR count). The number of aryl methyl sites for hydroxylation is 1. The summed E-state index contributed by atoms with van der Waals surface area (Å²) < 4.78 is 43.6. The van der Waals surface area contributed by atoms with Gasteiger partial charge in [-0.05, 0) is 55.5 Å². The second-order valence-corrected chi connectivity index (χ2v) is 7.32. The first-order valence-electron chi connectivity index (χ1n) is 9.73. The van der Waals surface area contributed by atoms with Crippen LogP contribution >= 0.6 is 0 Å². The molecule has 0 spiro atoms. The molecule has 31 heavy (non-hydrogen) atoms. The number of hydrogen-bond acceptors (Lipinski definition) is 4. The van der Waals surface area contributed by atoms with Gasteiger partial charge in [0, 0.05) is 36.2 Å². The van der Waals surface area contributed by atoms with Crippen molar-refractivity contribution < 1.29 is 22.7 Å². The molecule has 0 unspecified atom stereocenters. The highest BCUT2D eigenvalue weighted by molar-refractivity contribution is 5.94. The van der Waals surface area contributed by atoms with Gasteiger partial charge >= 0.3 is 6.18 Å². The predicted molar refractivity (Wildman–Crippen MR) is 109 cm³/mol. The molecule has 0 atom stereocenters. The maximum atomic E-state index is 13.0. The smallest absolute Gasteiger partial charge is 0.416 e. The van der Waals surface area contributed by atoms with Crippen molar-refractivity contribution in [2.45, 2.75) is 26.1 Å². The fourth-order valence-electron chi connectivity index (χ4n) is 3.68. The number of nitrogens with zero attached hydrogens (tertiary/aromatic N) is 3. The maximum absolute atomic E-state index is 13.0. The number of methoxy groups -OCH3 is 1. The van der Waals surface area contributed by atoms with Crippen molar-refractivity contribution in [3.8, 4) is 17.0 Å². The zero-order chi connectivity index (χ0) is 22.2. The summed E-state index contributed by atoms with van der Waals surface area (Å²) in [4.78, 5) is 23.7. The molecule has 0 saturated carbocycles. The number of benzene rings is 2.